The van der Waals surface area contributed by atoms with Crippen LogP contribution in [0.5, 0.6) is 5.75 Å². The molecule has 0 unspecified atom stereocenters. The molecule has 0 saturated heterocycles. The van der Waals surface area contributed by atoms with Crippen LogP contribution in [0, 0.1) is 6.92 Å². The molecule has 18 heavy (non-hydrogen) atoms. The van der Waals surface area contributed by atoms with E-state index in [9.17, 15) is 0 Å². The molecule has 1 saturated carbocycles. The van der Waals surface area contributed by atoms with Gasteiger partial charge in [0.1, 0.15) is 5.75 Å². The standard InChI is InChI=1S/C14H22N2O2/c1-11-7-13(17-2)8-12(16-11)9-15-10-14(18-3)5-4-6-14/h7-8,15H,4-6,9-10H2,1-3H3. The molecular weight excluding hydrogens is 228 g/mol. The molecule has 0 spiro atoms. The molecule has 2 rings (SSSR count). The van der Waals surface area contributed by atoms with Crippen LogP contribution in [0.2, 0.25) is 0 Å². The van der Waals surface area contributed by atoms with Crippen LogP contribution in [0.15, 0.2) is 12.1 Å². The lowest BCUT2D eigenvalue weighted by molar-refractivity contribution is -0.0695. The van der Waals surface area contributed by atoms with Gasteiger partial charge in [-0.2, -0.15) is 0 Å². The van der Waals surface area contributed by atoms with Crippen LogP contribution in [-0.2, 0) is 11.3 Å². The van der Waals surface area contributed by atoms with Gasteiger partial charge in [0.15, 0.2) is 0 Å². The van der Waals surface area contributed by atoms with Crippen molar-refractivity contribution >= 4 is 0 Å². The Morgan fingerprint density at radius 2 is 2.11 bits per heavy atom. The average molecular weight is 250 g/mol. The minimum Gasteiger partial charge on any atom is -0.497 e. The lowest BCUT2D eigenvalue weighted by atomic mass is 9.80. The molecule has 1 heterocycles. The normalized spacial score (nSPS) is 17.3. The summed E-state index contributed by atoms with van der Waals surface area (Å²) in [6.45, 7) is 3.62. The summed E-state index contributed by atoms with van der Waals surface area (Å²) >= 11 is 0. The molecule has 0 atom stereocenters. The van der Waals surface area contributed by atoms with Crippen molar-refractivity contribution in [3.63, 3.8) is 0 Å². The van der Waals surface area contributed by atoms with E-state index in [1.54, 1.807) is 14.2 Å². The molecule has 1 N–H and O–H groups in total. The van der Waals surface area contributed by atoms with Gasteiger partial charge in [0, 0.05) is 38.0 Å². The SMILES string of the molecule is COc1cc(C)nc(CNCC2(OC)CCC2)c1. The van der Waals surface area contributed by atoms with E-state index in [2.05, 4.69) is 10.3 Å². The Morgan fingerprint density at radius 3 is 2.67 bits per heavy atom. The van der Waals surface area contributed by atoms with E-state index in [4.69, 9.17) is 9.47 Å². The molecule has 0 aromatic carbocycles. The summed E-state index contributed by atoms with van der Waals surface area (Å²) in [6, 6.07) is 3.91. The monoisotopic (exact) mass is 250 g/mol. The second-order valence-corrected chi connectivity index (χ2v) is 4.98. The Balaban J connectivity index is 1.88. The summed E-state index contributed by atoms with van der Waals surface area (Å²) in [5.41, 5.74) is 2.06. The van der Waals surface area contributed by atoms with Crippen molar-refractivity contribution in [3.05, 3.63) is 23.5 Å². The number of nitrogens with zero attached hydrogens (tertiary/aromatic N) is 1. The van der Waals surface area contributed by atoms with Gasteiger partial charge in [-0.25, -0.2) is 0 Å². The molecule has 1 aliphatic carbocycles. The number of nitrogens with one attached hydrogen (secondary N) is 1. The van der Waals surface area contributed by atoms with Gasteiger partial charge >= 0.3 is 0 Å². The van der Waals surface area contributed by atoms with E-state index < -0.39 is 0 Å². The molecule has 1 aliphatic rings. The van der Waals surface area contributed by atoms with Crippen molar-refractivity contribution in [2.45, 2.75) is 38.3 Å². The third kappa shape index (κ3) is 3.00. The highest BCUT2D eigenvalue weighted by molar-refractivity contribution is 5.26. The fraction of sp³-hybridized carbons (Fsp3) is 0.643. The van der Waals surface area contributed by atoms with Gasteiger partial charge in [0.05, 0.1) is 18.4 Å². The Labute approximate surface area is 109 Å². The number of rotatable bonds is 6. The van der Waals surface area contributed by atoms with Crippen LogP contribution < -0.4 is 10.1 Å². The van der Waals surface area contributed by atoms with Crippen molar-refractivity contribution in [3.8, 4) is 5.75 Å². The maximum absolute atomic E-state index is 5.57. The lowest BCUT2D eigenvalue weighted by Crippen LogP contribution is -2.47. The van der Waals surface area contributed by atoms with E-state index >= 15 is 0 Å². The van der Waals surface area contributed by atoms with Crippen molar-refractivity contribution in [1.29, 1.82) is 0 Å². The van der Waals surface area contributed by atoms with E-state index in [-0.39, 0.29) is 5.60 Å². The molecule has 0 amide bonds. The lowest BCUT2D eigenvalue weighted by Gasteiger charge is -2.40. The molecule has 0 aliphatic heterocycles. The largest absolute Gasteiger partial charge is 0.497 e. The summed E-state index contributed by atoms with van der Waals surface area (Å²) in [5, 5.41) is 3.43. The predicted octanol–water partition coefficient (Wildman–Crippen LogP) is 2.06. The molecule has 4 heteroatoms. The molecule has 0 radical (unpaired) electrons. The van der Waals surface area contributed by atoms with Crippen molar-refractivity contribution < 1.29 is 9.47 Å². The van der Waals surface area contributed by atoms with Gasteiger partial charge in [-0.3, -0.25) is 4.98 Å². The van der Waals surface area contributed by atoms with Crippen molar-refractivity contribution in [2.24, 2.45) is 0 Å². The average Bonchev–Trinajstić information content (AvgIpc) is 2.32. The maximum Gasteiger partial charge on any atom is 0.122 e. The molecular formula is C14H22N2O2. The van der Waals surface area contributed by atoms with Crippen molar-refractivity contribution in [1.82, 2.24) is 10.3 Å². The van der Waals surface area contributed by atoms with Gasteiger partial charge < -0.3 is 14.8 Å². The van der Waals surface area contributed by atoms with Gasteiger partial charge in [0.2, 0.25) is 0 Å². The Kier molecular flexibility index (Phi) is 4.19. The number of methoxy groups -OCH3 is 2. The fourth-order valence-corrected chi connectivity index (χ4v) is 2.35. The smallest absolute Gasteiger partial charge is 0.122 e. The number of pyridine rings is 1. The number of aryl methyl sites for hydroxylation is 1. The molecule has 1 fully saturated rings. The van der Waals surface area contributed by atoms with E-state index in [0.29, 0.717) is 0 Å². The summed E-state index contributed by atoms with van der Waals surface area (Å²) in [5.74, 6) is 0.865. The van der Waals surface area contributed by atoms with Crippen LogP contribution >= 0.6 is 0 Å². The molecule has 4 nitrogen and oxygen atoms in total. The zero-order valence-electron chi connectivity index (χ0n) is 11.5. The first kappa shape index (κ1) is 13.3. The zero-order valence-corrected chi connectivity index (χ0v) is 11.5. The minimum absolute atomic E-state index is 0.0634. The highest BCUT2D eigenvalue weighted by Gasteiger charge is 2.36. The third-order valence-electron chi connectivity index (χ3n) is 3.67. The highest BCUT2D eigenvalue weighted by Crippen LogP contribution is 2.34. The highest BCUT2D eigenvalue weighted by atomic mass is 16.5. The summed E-state index contributed by atoms with van der Waals surface area (Å²) in [6.07, 6.45) is 3.58. The number of hydrogen-bond acceptors (Lipinski definition) is 4. The van der Waals surface area contributed by atoms with Crippen LogP contribution in [0.1, 0.15) is 30.7 Å². The van der Waals surface area contributed by atoms with Gasteiger partial charge in [-0.05, 0) is 26.2 Å². The van der Waals surface area contributed by atoms with E-state index in [1.807, 2.05) is 19.1 Å². The van der Waals surface area contributed by atoms with Crippen molar-refractivity contribution in [2.75, 3.05) is 20.8 Å². The zero-order chi connectivity index (χ0) is 13.0. The maximum atomic E-state index is 5.57. The first-order valence-electron chi connectivity index (χ1n) is 6.45. The quantitative estimate of drug-likeness (QED) is 0.839. The Bertz CT molecular complexity index is 397. The van der Waals surface area contributed by atoms with Gasteiger partial charge in [0.25, 0.3) is 0 Å². The Hall–Kier alpha value is -1.13. The van der Waals surface area contributed by atoms with Crippen LogP contribution in [0.3, 0.4) is 0 Å². The molecule has 1 aromatic heterocycles. The topological polar surface area (TPSA) is 43.4 Å². The number of ether oxygens (including phenoxy) is 2. The Morgan fingerprint density at radius 1 is 1.33 bits per heavy atom. The second-order valence-electron chi connectivity index (χ2n) is 4.98. The summed E-state index contributed by atoms with van der Waals surface area (Å²) in [7, 11) is 3.48. The summed E-state index contributed by atoms with van der Waals surface area (Å²) < 4.78 is 10.8. The van der Waals surface area contributed by atoms with Gasteiger partial charge in [-0.1, -0.05) is 0 Å². The van der Waals surface area contributed by atoms with Crippen LogP contribution in [0.25, 0.3) is 0 Å². The van der Waals surface area contributed by atoms with Gasteiger partial charge in [-0.15, -0.1) is 0 Å². The molecule has 0 bridgehead atoms. The van der Waals surface area contributed by atoms with Crippen LogP contribution in [0.4, 0.5) is 0 Å². The second kappa shape index (κ2) is 5.67. The number of aromatic nitrogens is 1. The first-order chi connectivity index (χ1) is 8.67. The predicted molar refractivity (Wildman–Crippen MR) is 70.8 cm³/mol. The van der Waals surface area contributed by atoms with Crippen LogP contribution in [-0.4, -0.2) is 31.3 Å². The fourth-order valence-electron chi connectivity index (χ4n) is 2.35. The van der Waals surface area contributed by atoms with E-state index in [1.165, 1.54) is 6.42 Å². The first-order valence-corrected chi connectivity index (χ1v) is 6.45. The molecule has 100 valence electrons. The number of hydrogen-bond donors (Lipinski definition) is 1. The van der Waals surface area contributed by atoms with E-state index in [0.717, 1.165) is 43.1 Å². The molecule has 1 aromatic rings. The third-order valence-corrected chi connectivity index (χ3v) is 3.67. The summed E-state index contributed by atoms with van der Waals surface area (Å²) in [4.78, 5) is 4.49. The minimum atomic E-state index is 0.0634.